The maximum atomic E-state index is 13.4. The highest BCUT2D eigenvalue weighted by atomic mass is 35.5. The van der Waals surface area contributed by atoms with Gasteiger partial charge < -0.3 is 9.47 Å². The van der Waals surface area contributed by atoms with Crippen LogP contribution in [0.3, 0.4) is 0 Å². The Morgan fingerprint density at radius 1 is 1.44 bits per heavy atom. The van der Waals surface area contributed by atoms with Crippen molar-refractivity contribution < 1.29 is 27.4 Å². The first kappa shape index (κ1) is 14.6. The van der Waals surface area contributed by atoms with Gasteiger partial charge in [-0.15, -0.1) is 11.6 Å². The molecule has 0 aromatic heterocycles. The highest BCUT2D eigenvalue weighted by Crippen LogP contribution is 2.25. The predicted octanol–water partition coefficient (Wildman–Crippen LogP) is 3.34. The Morgan fingerprint density at radius 3 is 2.61 bits per heavy atom. The lowest BCUT2D eigenvalue weighted by Crippen LogP contribution is -2.10. The van der Waals surface area contributed by atoms with E-state index in [-0.39, 0.29) is 23.6 Å². The first-order valence-electron chi connectivity index (χ1n) is 4.99. The van der Waals surface area contributed by atoms with Crippen molar-refractivity contribution in [2.45, 2.75) is 19.4 Å². The van der Waals surface area contributed by atoms with E-state index in [0.717, 1.165) is 12.1 Å². The van der Waals surface area contributed by atoms with Crippen LogP contribution in [0.2, 0.25) is 0 Å². The first-order chi connectivity index (χ1) is 8.49. The quantitative estimate of drug-likeness (QED) is 0.614. The molecule has 0 atom stereocenters. The monoisotopic (exact) mass is 282 g/mol. The Balaban J connectivity index is 3.14. The highest BCUT2D eigenvalue weighted by molar-refractivity contribution is 6.17. The number of ether oxygens (including phenoxy) is 2. The molecule has 0 aliphatic heterocycles. The Bertz CT molecular complexity index is 438. The molecule has 0 fully saturated rings. The van der Waals surface area contributed by atoms with Crippen LogP contribution in [0.5, 0.6) is 5.75 Å². The Kier molecular flexibility index (Phi) is 5.27. The molecule has 100 valence electrons. The second kappa shape index (κ2) is 6.49. The number of benzene rings is 1. The van der Waals surface area contributed by atoms with Crippen molar-refractivity contribution in [2.24, 2.45) is 0 Å². The van der Waals surface area contributed by atoms with Gasteiger partial charge in [0.05, 0.1) is 12.2 Å². The van der Waals surface area contributed by atoms with Crippen molar-refractivity contribution in [2.75, 3.05) is 6.61 Å². The third-order valence-electron chi connectivity index (χ3n) is 2.01. The third kappa shape index (κ3) is 3.53. The van der Waals surface area contributed by atoms with Gasteiger partial charge in [0.2, 0.25) is 0 Å². The zero-order chi connectivity index (χ0) is 13.7. The van der Waals surface area contributed by atoms with Crippen molar-refractivity contribution in [1.29, 1.82) is 0 Å². The summed E-state index contributed by atoms with van der Waals surface area (Å²) in [7, 11) is 0. The lowest BCUT2D eigenvalue weighted by Gasteiger charge is -2.11. The molecular formula is C11H10ClF3O3. The molecule has 0 saturated heterocycles. The van der Waals surface area contributed by atoms with Crippen LogP contribution in [0, 0.1) is 5.82 Å². The molecule has 0 amide bonds. The van der Waals surface area contributed by atoms with Crippen molar-refractivity contribution in [3.8, 4) is 5.75 Å². The maximum absolute atomic E-state index is 13.4. The number of halogens is 4. The number of esters is 1. The smallest absolute Gasteiger partial charge is 0.387 e. The summed E-state index contributed by atoms with van der Waals surface area (Å²) >= 11 is 5.56. The van der Waals surface area contributed by atoms with Crippen molar-refractivity contribution in [1.82, 2.24) is 0 Å². The molecule has 1 rings (SSSR count). The fourth-order valence-electron chi connectivity index (χ4n) is 1.29. The normalized spacial score (nSPS) is 10.6. The van der Waals surface area contributed by atoms with Gasteiger partial charge in [0.15, 0.2) is 11.6 Å². The fourth-order valence-corrected chi connectivity index (χ4v) is 1.51. The molecule has 7 heteroatoms. The van der Waals surface area contributed by atoms with Gasteiger partial charge in [-0.3, -0.25) is 0 Å². The van der Waals surface area contributed by atoms with Crippen LogP contribution in [0.1, 0.15) is 22.8 Å². The van der Waals surface area contributed by atoms with Crippen LogP contribution in [-0.4, -0.2) is 19.2 Å². The van der Waals surface area contributed by atoms with E-state index >= 15 is 0 Å². The average molecular weight is 283 g/mol. The van der Waals surface area contributed by atoms with E-state index in [1.165, 1.54) is 0 Å². The van der Waals surface area contributed by atoms with E-state index in [2.05, 4.69) is 4.74 Å². The summed E-state index contributed by atoms with van der Waals surface area (Å²) in [6.07, 6.45) is 0. The van der Waals surface area contributed by atoms with Gasteiger partial charge >= 0.3 is 12.6 Å². The van der Waals surface area contributed by atoms with Gasteiger partial charge in [0.1, 0.15) is 0 Å². The Labute approximate surface area is 106 Å². The summed E-state index contributed by atoms with van der Waals surface area (Å²) in [4.78, 5) is 11.5. The molecule has 0 unspecified atom stereocenters. The van der Waals surface area contributed by atoms with Crippen LogP contribution < -0.4 is 4.74 Å². The molecule has 0 aliphatic carbocycles. The minimum absolute atomic E-state index is 0.106. The molecule has 1 aromatic rings. The van der Waals surface area contributed by atoms with Gasteiger partial charge in [-0.2, -0.15) is 8.78 Å². The minimum Gasteiger partial charge on any atom is -0.462 e. The molecule has 0 aliphatic rings. The van der Waals surface area contributed by atoms with Crippen molar-refractivity contribution >= 4 is 17.6 Å². The predicted molar refractivity (Wildman–Crippen MR) is 58.5 cm³/mol. The average Bonchev–Trinajstić information content (AvgIpc) is 2.31. The number of alkyl halides is 3. The summed E-state index contributed by atoms with van der Waals surface area (Å²) in [6.45, 7) is -1.46. The number of hydrogen-bond acceptors (Lipinski definition) is 3. The van der Waals surface area contributed by atoms with Crippen LogP contribution >= 0.6 is 11.6 Å². The maximum Gasteiger partial charge on any atom is 0.387 e. The molecule has 0 N–H and O–H groups in total. The summed E-state index contributed by atoms with van der Waals surface area (Å²) in [5.74, 6) is -2.66. The second-order valence-corrected chi connectivity index (χ2v) is 3.44. The molecular weight excluding hydrogens is 273 g/mol. The summed E-state index contributed by atoms with van der Waals surface area (Å²) in [5.41, 5.74) is 0.0538. The number of rotatable bonds is 5. The largest absolute Gasteiger partial charge is 0.462 e. The third-order valence-corrected chi connectivity index (χ3v) is 2.30. The Morgan fingerprint density at radius 2 is 2.11 bits per heavy atom. The van der Waals surface area contributed by atoms with E-state index in [4.69, 9.17) is 16.3 Å². The topological polar surface area (TPSA) is 35.5 Å². The van der Waals surface area contributed by atoms with E-state index in [9.17, 15) is 18.0 Å². The van der Waals surface area contributed by atoms with Gasteiger partial charge in [0, 0.05) is 5.88 Å². The lowest BCUT2D eigenvalue weighted by molar-refractivity contribution is -0.0522. The minimum atomic E-state index is -3.16. The molecule has 3 nitrogen and oxygen atoms in total. The number of carbonyl (C=O) groups is 1. The van der Waals surface area contributed by atoms with E-state index < -0.39 is 24.1 Å². The van der Waals surface area contributed by atoms with Crippen LogP contribution in [-0.2, 0) is 10.6 Å². The fraction of sp³-hybridized carbons (Fsp3) is 0.364. The summed E-state index contributed by atoms with van der Waals surface area (Å²) in [6, 6.07) is 1.73. The Hall–Kier alpha value is -1.43. The van der Waals surface area contributed by atoms with Crippen molar-refractivity contribution in [3.05, 3.63) is 29.1 Å². The SMILES string of the molecule is CCOC(=O)c1cc(F)c(OC(F)F)cc1CCl. The van der Waals surface area contributed by atoms with Gasteiger partial charge in [-0.05, 0) is 24.6 Å². The van der Waals surface area contributed by atoms with Gasteiger partial charge in [-0.1, -0.05) is 0 Å². The molecule has 0 saturated carbocycles. The highest BCUT2D eigenvalue weighted by Gasteiger charge is 2.18. The molecule has 18 heavy (non-hydrogen) atoms. The van der Waals surface area contributed by atoms with Crippen LogP contribution in [0.4, 0.5) is 13.2 Å². The summed E-state index contributed by atoms with van der Waals surface area (Å²) < 4.78 is 46.1. The first-order valence-corrected chi connectivity index (χ1v) is 5.53. The van der Waals surface area contributed by atoms with Crippen LogP contribution in [0.25, 0.3) is 0 Å². The standard InChI is InChI=1S/C11H10ClF3O3/c1-2-17-10(16)7-4-8(13)9(18-11(14)15)3-6(7)5-12/h3-4,11H,2,5H2,1H3. The van der Waals surface area contributed by atoms with E-state index in [0.29, 0.717) is 0 Å². The van der Waals surface area contributed by atoms with Gasteiger partial charge in [-0.25, -0.2) is 9.18 Å². The zero-order valence-electron chi connectivity index (χ0n) is 9.38. The number of carbonyl (C=O) groups excluding carboxylic acids is 1. The lowest BCUT2D eigenvalue weighted by atomic mass is 10.1. The van der Waals surface area contributed by atoms with Crippen molar-refractivity contribution in [3.63, 3.8) is 0 Å². The summed E-state index contributed by atoms with van der Waals surface area (Å²) in [5, 5.41) is 0. The molecule has 1 aromatic carbocycles. The molecule has 0 bridgehead atoms. The van der Waals surface area contributed by atoms with E-state index in [1.54, 1.807) is 6.92 Å². The number of hydrogen-bond donors (Lipinski definition) is 0. The molecule has 0 radical (unpaired) electrons. The molecule has 0 heterocycles. The van der Waals surface area contributed by atoms with Crippen LogP contribution in [0.15, 0.2) is 12.1 Å². The van der Waals surface area contributed by atoms with Gasteiger partial charge in [0.25, 0.3) is 0 Å². The molecule has 0 spiro atoms. The zero-order valence-corrected chi connectivity index (χ0v) is 10.1. The second-order valence-electron chi connectivity index (χ2n) is 3.17. The van der Waals surface area contributed by atoms with E-state index in [1.807, 2.05) is 0 Å².